The molecule has 1 amide bonds. The molecule has 0 N–H and O–H groups in total. The lowest BCUT2D eigenvalue weighted by Crippen LogP contribution is -2.50. The Morgan fingerprint density at radius 2 is 1.79 bits per heavy atom. The smallest absolute Gasteiger partial charge is 0.410 e. The first-order valence-electron chi connectivity index (χ1n) is 11.1. The van der Waals surface area contributed by atoms with Gasteiger partial charge in [0.1, 0.15) is 5.60 Å². The van der Waals surface area contributed by atoms with E-state index in [2.05, 4.69) is 30.9 Å². The number of hydrogen-bond donors (Lipinski definition) is 0. The van der Waals surface area contributed by atoms with Crippen molar-refractivity contribution < 1.29 is 9.53 Å². The molecule has 4 rings (SSSR count). The molecule has 1 aromatic rings. The van der Waals surface area contributed by atoms with Crippen molar-refractivity contribution in [2.45, 2.75) is 77.9 Å². The topological polar surface area (TPSA) is 32.8 Å². The molecule has 0 bridgehead atoms. The fourth-order valence-corrected chi connectivity index (χ4v) is 5.13. The van der Waals surface area contributed by atoms with E-state index in [1.165, 1.54) is 49.9 Å². The van der Waals surface area contributed by atoms with Crippen LogP contribution in [-0.2, 0) is 11.2 Å². The highest BCUT2D eigenvalue weighted by atomic mass is 16.6. The van der Waals surface area contributed by atoms with Crippen LogP contribution in [0.15, 0.2) is 12.1 Å². The van der Waals surface area contributed by atoms with Gasteiger partial charge in [-0.05, 0) is 94.6 Å². The quantitative estimate of drug-likeness (QED) is 0.715. The molecule has 1 aliphatic carbocycles. The number of rotatable bonds is 2. The molecule has 2 saturated heterocycles. The molecular weight excluding hydrogens is 348 g/mol. The van der Waals surface area contributed by atoms with Crippen LogP contribution in [0.4, 0.5) is 4.79 Å². The van der Waals surface area contributed by atoms with Crippen molar-refractivity contribution in [1.82, 2.24) is 9.80 Å². The molecule has 0 radical (unpaired) electrons. The summed E-state index contributed by atoms with van der Waals surface area (Å²) in [6.07, 6.45) is 4.96. The number of likely N-dealkylation sites (tertiary alicyclic amines) is 2. The van der Waals surface area contributed by atoms with Gasteiger partial charge in [-0.2, -0.15) is 0 Å². The Bertz CT molecular complexity index is 738. The number of ether oxygens (including phenoxy) is 1. The fraction of sp³-hybridized carbons (Fsp3) is 0.708. The Hall–Kier alpha value is -1.55. The van der Waals surface area contributed by atoms with E-state index in [1.54, 1.807) is 11.1 Å². The van der Waals surface area contributed by atoms with E-state index >= 15 is 0 Å². The van der Waals surface area contributed by atoms with Crippen molar-refractivity contribution >= 4 is 6.09 Å². The van der Waals surface area contributed by atoms with Gasteiger partial charge >= 0.3 is 6.09 Å². The average Bonchev–Trinajstić information content (AvgIpc) is 2.97. The monoisotopic (exact) mass is 384 g/mol. The van der Waals surface area contributed by atoms with Crippen LogP contribution in [0.1, 0.15) is 81.2 Å². The lowest BCUT2D eigenvalue weighted by atomic mass is 9.87. The number of nitrogens with zero attached hydrogens (tertiary/aromatic N) is 2. The molecule has 2 heterocycles. The number of benzene rings is 1. The van der Waals surface area contributed by atoms with Gasteiger partial charge in [0.25, 0.3) is 0 Å². The third kappa shape index (κ3) is 3.94. The Morgan fingerprint density at radius 3 is 2.43 bits per heavy atom. The lowest BCUT2D eigenvalue weighted by molar-refractivity contribution is 0.00819. The molecular formula is C24H36N2O2. The predicted molar refractivity (Wildman–Crippen MR) is 113 cm³/mol. The standard InChI is InChI=1S/C24H36N2O2/c1-16-8-10-25(11-9-16)21-7-6-18-13-19(12-17(2)22(18)21)20-14-26(15-20)23(27)28-24(3,4)5/h12-13,16,20-21H,6-11,14-15H2,1-5H3. The second-order valence-electron chi connectivity index (χ2n) is 10.3. The van der Waals surface area contributed by atoms with Crippen molar-refractivity contribution in [3.8, 4) is 0 Å². The van der Waals surface area contributed by atoms with Crippen LogP contribution < -0.4 is 0 Å². The third-order valence-corrected chi connectivity index (χ3v) is 6.78. The minimum absolute atomic E-state index is 0.180. The molecule has 2 aliphatic heterocycles. The summed E-state index contributed by atoms with van der Waals surface area (Å²) in [7, 11) is 0. The number of aryl methyl sites for hydroxylation is 2. The molecule has 3 aliphatic rings. The number of fused-ring (bicyclic) bond motifs is 1. The zero-order valence-electron chi connectivity index (χ0n) is 18.3. The van der Waals surface area contributed by atoms with Gasteiger partial charge in [0.2, 0.25) is 0 Å². The maximum absolute atomic E-state index is 12.2. The molecule has 4 heteroatoms. The van der Waals surface area contributed by atoms with Crippen molar-refractivity contribution in [3.63, 3.8) is 0 Å². The highest BCUT2D eigenvalue weighted by molar-refractivity contribution is 5.69. The Labute approximate surface area is 170 Å². The first-order valence-corrected chi connectivity index (χ1v) is 11.1. The second-order valence-corrected chi connectivity index (χ2v) is 10.3. The zero-order chi connectivity index (χ0) is 20.1. The third-order valence-electron chi connectivity index (χ3n) is 6.78. The highest BCUT2D eigenvalue weighted by Gasteiger charge is 2.37. The molecule has 1 unspecified atom stereocenters. The van der Waals surface area contributed by atoms with Crippen LogP contribution in [0, 0.1) is 12.8 Å². The van der Waals surface area contributed by atoms with Crippen molar-refractivity contribution in [2.75, 3.05) is 26.2 Å². The number of piperidine rings is 1. The normalized spacial score (nSPS) is 24.2. The van der Waals surface area contributed by atoms with Gasteiger partial charge in [-0.15, -0.1) is 0 Å². The second kappa shape index (κ2) is 7.37. The summed E-state index contributed by atoms with van der Waals surface area (Å²) in [5.41, 5.74) is 5.58. The SMILES string of the molecule is Cc1cc(C2CN(C(=O)OC(C)(C)C)C2)cc2c1C(N1CCC(C)CC1)CC2. The summed E-state index contributed by atoms with van der Waals surface area (Å²) >= 11 is 0. The minimum atomic E-state index is -0.423. The molecule has 0 saturated carbocycles. The predicted octanol–water partition coefficient (Wildman–Crippen LogP) is 5.05. The van der Waals surface area contributed by atoms with Gasteiger partial charge in [0.15, 0.2) is 0 Å². The van der Waals surface area contributed by atoms with Gasteiger partial charge in [-0.3, -0.25) is 4.90 Å². The summed E-state index contributed by atoms with van der Waals surface area (Å²) in [6.45, 7) is 14.5. The molecule has 154 valence electrons. The van der Waals surface area contributed by atoms with Crippen LogP contribution in [-0.4, -0.2) is 47.7 Å². The number of hydrogen-bond acceptors (Lipinski definition) is 3. The van der Waals surface area contributed by atoms with Crippen LogP contribution in [0.2, 0.25) is 0 Å². The van der Waals surface area contributed by atoms with Gasteiger partial charge in [-0.25, -0.2) is 4.79 Å². The summed E-state index contributed by atoms with van der Waals surface area (Å²) in [6, 6.07) is 5.45. The molecule has 0 aromatic heterocycles. The summed E-state index contributed by atoms with van der Waals surface area (Å²) in [5.74, 6) is 1.33. The summed E-state index contributed by atoms with van der Waals surface area (Å²) < 4.78 is 5.49. The first kappa shape index (κ1) is 19.8. The van der Waals surface area contributed by atoms with Crippen molar-refractivity contribution in [2.24, 2.45) is 5.92 Å². The van der Waals surface area contributed by atoms with Crippen LogP contribution in [0.25, 0.3) is 0 Å². The van der Waals surface area contributed by atoms with Gasteiger partial charge in [0.05, 0.1) is 0 Å². The molecule has 4 nitrogen and oxygen atoms in total. The van der Waals surface area contributed by atoms with E-state index in [4.69, 9.17) is 4.74 Å². The van der Waals surface area contributed by atoms with Crippen LogP contribution in [0.3, 0.4) is 0 Å². The number of amides is 1. The fourth-order valence-electron chi connectivity index (χ4n) is 5.13. The highest BCUT2D eigenvalue weighted by Crippen LogP contribution is 2.42. The molecule has 2 fully saturated rings. The molecule has 1 atom stereocenters. The Morgan fingerprint density at radius 1 is 1.11 bits per heavy atom. The van der Waals surface area contributed by atoms with E-state index in [9.17, 15) is 4.79 Å². The van der Waals surface area contributed by atoms with E-state index in [1.807, 2.05) is 25.7 Å². The van der Waals surface area contributed by atoms with E-state index in [0.29, 0.717) is 12.0 Å². The maximum atomic E-state index is 12.2. The summed E-state index contributed by atoms with van der Waals surface area (Å²) in [5, 5.41) is 0. The Kier molecular flexibility index (Phi) is 5.20. The molecule has 1 aromatic carbocycles. The molecule has 28 heavy (non-hydrogen) atoms. The van der Waals surface area contributed by atoms with E-state index in [0.717, 1.165) is 19.0 Å². The van der Waals surface area contributed by atoms with Gasteiger partial charge in [0, 0.05) is 25.0 Å². The van der Waals surface area contributed by atoms with Crippen LogP contribution >= 0.6 is 0 Å². The van der Waals surface area contributed by atoms with Crippen LogP contribution in [0.5, 0.6) is 0 Å². The van der Waals surface area contributed by atoms with E-state index < -0.39 is 5.60 Å². The minimum Gasteiger partial charge on any atom is -0.444 e. The van der Waals surface area contributed by atoms with Gasteiger partial charge in [-0.1, -0.05) is 19.1 Å². The van der Waals surface area contributed by atoms with Gasteiger partial charge < -0.3 is 9.64 Å². The summed E-state index contributed by atoms with van der Waals surface area (Å²) in [4.78, 5) is 16.8. The van der Waals surface area contributed by atoms with Crippen molar-refractivity contribution in [1.29, 1.82) is 0 Å². The first-order chi connectivity index (χ1) is 13.2. The lowest BCUT2D eigenvalue weighted by Gasteiger charge is -2.40. The number of carbonyl (C=O) groups excluding carboxylic acids is 1. The van der Waals surface area contributed by atoms with E-state index in [-0.39, 0.29) is 6.09 Å². The average molecular weight is 385 g/mol. The maximum Gasteiger partial charge on any atom is 0.410 e. The largest absolute Gasteiger partial charge is 0.444 e. The molecule has 0 spiro atoms. The van der Waals surface area contributed by atoms with Crippen molar-refractivity contribution in [3.05, 3.63) is 34.4 Å². The zero-order valence-corrected chi connectivity index (χ0v) is 18.3. The Balaban J connectivity index is 1.42. The number of carbonyl (C=O) groups is 1.